The first-order valence-electron chi connectivity index (χ1n) is 5.74. The molecule has 1 heteroatoms. The first-order chi connectivity index (χ1) is 7.27. The minimum Gasteiger partial charge on any atom is -0.0768 e. The number of benzene rings is 2. The van der Waals surface area contributed by atoms with Crippen LogP contribution in [0.25, 0.3) is 10.8 Å². The van der Waals surface area contributed by atoms with Crippen LogP contribution in [0.3, 0.4) is 0 Å². The number of fused-ring (bicyclic) bond motifs is 1. The molecule has 2 aromatic carbocycles. The molecule has 0 spiro atoms. The highest BCUT2D eigenvalue weighted by molar-refractivity contribution is 6.57. The summed E-state index contributed by atoms with van der Waals surface area (Å²) < 4.78 is 0. The van der Waals surface area contributed by atoms with Crippen LogP contribution in [0.15, 0.2) is 42.5 Å². The smallest absolute Gasteiger partial charge is 0.0768 e. The molecule has 0 radical (unpaired) electrons. The maximum atomic E-state index is 2.28. The maximum absolute atomic E-state index is 2.28. The Morgan fingerprint density at radius 2 is 1.73 bits per heavy atom. The van der Waals surface area contributed by atoms with Gasteiger partial charge in [-0.25, -0.2) is 0 Å². The Balaban J connectivity index is 2.34. The summed E-state index contributed by atoms with van der Waals surface area (Å²) in [5.41, 5.74) is 1.49. The standard InChI is InChI=1S/C14H17B/c1-11(2)10-15-14-9-5-7-12-6-3-4-8-13(12)14/h3-9,11,15H,10H2,1-2H3. The quantitative estimate of drug-likeness (QED) is 0.662. The van der Waals surface area contributed by atoms with Gasteiger partial charge in [0.2, 0.25) is 0 Å². The second-order valence-electron chi connectivity index (χ2n) is 4.57. The Bertz CT molecular complexity index is 441. The van der Waals surface area contributed by atoms with Crippen LogP contribution in [0.4, 0.5) is 0 Å². The monoisotopic (exact) mass is 196 g/mol. The van der Waals surface area contributed by atoms with Gasteiger partial charge >= 0.3 is 0 Å². The zero-order chi connectivity index (χ0) is 10.7. The number of hydrogen-bond donors (Lipinski definition) is 0. The van der Waals surface area contributed by atoms with Gasteiger partial charge in [-0.15, -0.1) is 0 Å². The first-order valence-corrected chi connectivity index (χ1v) is 5.74. The molecule has 0 aliphatic carbocycles. The Morgan fingerprint density at radius 1 is 1.00 bits per heavy atom. The van der Waals surface area contributed by atoms with Crippen LogP contribution in [-0.2, 0) is 0 Å². The third-order valence-corrected chi connectivity index (χ3v) is 2.87. The molecule has 76 valence electrons. The van der Waals surface area contributed by atoms with Gasteiger partial charge in [0.15, 0.2) is 7.28 Å². The molecule has 0 saturated carbocycles. The zero-order valence-corrected chi connectivity index (χ0v) is 9.53. The highest BCUT2D eigenvalue weighted by atomic mass is 14.0. The molecule has 0 heterocycles. The fourth-order valence-electron chi connectivity index (χ4n) is 1.95. The SMILES string of the molecule is CC(C)CBc1cccc2ccccc12. The van der Waals surface area contributed by atoms with E-state index in [1.807, 2.05) is 0 Å². The summed E-state index contributed by atoms with van der Waals surface area (Å²) in [6, 6.07) is 15.3. The van der Waals surface area contributed by atoms with E-state index in [1.54, 1.807) is 0 Å². The third kappa shape index (κ3) is 2.41. The van der Waals surface area contributed by atoms with E-state index < -0.39 is 0 Å². The number of rotatable bonds is 3. The lowest BCUT2D eigenvalue weighted by Crippen LogP contribution is -2.16. The Kier molecular flexibility index (Phi) is 3.10. The summed E-state index contributed by atoms with van der Waals surface area (Å²) in [5, 5.41) is 2.78. The second-order valence-corrected chi connectivity index (χ2v) is 4.57. The van der Waals surface area contributed by atoms with Gasteiger partial charge < -0.3 is 0 Å². The van der Waals surface area contributed by atoms with Crippen LogP contribution in [-0.4, -0.2) is 7.28 Å². The molecule has 0 aliphatic heterocycles. The number of hydrogen-bond acceptors (Lipinski definition) is 0. The lowest BCUT2D eigenvalue weighted by Gasteiger charge is -2.06. The molecule has 0 unspecified atom stereocenters. The van der Waals surface area contributed by atoms with Crippen LogP contribution < -0.4 is 5.46 Å². The Hall–Kier alpha value is -1.24. The van der Waals surface area contributed by atoms with Crippen molar-refractivity contribution in [1.82, 2.24) is 0 Å². The van der Waals surface area contributed by atoms with E-state index in [2.05, 4.69) is 56.3 Å². The van der Waals surface area contributed by atoms with E-state index >= 15 is 0 Å². The van der Waals surface area contributed by atoms with Crippen molar-refractivity contribution >= 4 is 23.5 Å². The van der Waals surface area contributed by atoms with Gasteiger partial charge in [-0.3, -0.25) is 0 Å². The van der Waals surface area contributed by atoms with E-state index in [-0.39, 0.29) is 0 Å². The molecular formula is C14H17B. The minimum atomic E-state index is 0.781. The summed E-state index contributed by atoms with van der Waals surface area (Å²) in [6.07, 6.45) is 1.27. The fraction of sp³-hybridized carbons (Fsp3) is 0.286. The summed E-state index contributed by atoms with van der Waals surface area (Å²) in [5.74, 6) is 0.781. The van der Waals surface area contributed by atoms with Gasteiger partial charge in [-0.05, 0) is 10.8 Å². The topological polar surface area (TPSA) is 0 Å². The van der Waals surface area contributed by atoms with Gasteiger partial charge in [-0.1, -0.05) is 74.0 Å². The van der Waals surface area contributed by atoms with Crippen LogP contribution in [0.5, 0.6) is 0 Å². The van der Waals surface area contributed by atoms with Gasteiger partial charge in [0.25, 0.3) is 0 Å². The highest BCUT2D eigenvalue weighted by Gasteiger charge is 2.02. The van der Waals surface area contributed by atoms with E-state index in [9.17, 15) is 0 Å². The first kappa shape index (κ1) is 10.3. The predicted molar refractivity (Wildman–Crippen MR) is 70.4 cm³/mol. The van der Waals surface area contributed by atoms with Crippen molar-refractivity contribution in [2.24, 2.45) is 5.92 Å². The molecular weight excluding hydrogens is 179 g/mol. The van der Waals surface area contributed by atoms with Crippen LogP contribution in [0.1, 0.15) is 13.8 Å². The molecule has 2 aromatic rings. The van der Waals surface area contributed by atoms with Crippen molar-refractivity contribution in [3.8, 4) is 0 Å². The van der Waals surface area contributed by atoms with Gasteiger partial charge in [0.1, 0.15) is 0 Å². The van der Waals surface area contributed by atoms with Crippen LogP contribution in [0, 0.1) is 5.92 Å². The summed E-state index contributed by atoms with van der Waals surface area (Å²) >= 11 is 0. The molecule has 0 atom stereocenters. The van der Waals surface area contributed by atoms with Crippen molar-refractivity contribution in [1.29, 1.82) is 0 Å². The fourth-order valence-corrected chi connectivity index (χ4v) is 1.95. The lowest BCUT2D eigenvalue weighted by atomic mass is 9.63. The van der Waals surface area contributed by atoms with Crippen LogP contribution in [0.2, 0.25) is 6.32 Å². The largest absolute Gasteiger partial charge is 0.158 e. The maximum Gasteiger partial charge on any atom is 0.158 e. The summed E-state index contributed by atoms with van der Waals surface area (Å²) in [4.78, 5) is 0. The molecule has 0 aromatic heterocycles. The average molecular weight is 196 g/mol. The van der Waals surface area contributed by atoms with Crippen molar-refractivity contribution in [3.63, 3.8) is 0 Å². The molecule has 0 aliphatic rings. The molecule has 0 bridgehead atoms. The molecule has 15 heavy (non-hydrogen) atoms. The molecule has 0 N–H and O–H groups in total. The average Bonchev–Trinajstić information content (AvgIpc) is 2.26. The predicted octanol–water partition coefficient (Wildman–Crippen LogP) is 2.98. The molecule has 0 nitrogen and oxygen atoms in total. The van der Waals surface area contributed by atoms with Gasteiger partial charge in [0, 0.05) is 0 Å². The van der Waals surface area contributed by atoms with E-state index in [1.165, 1.54) is 29.8 Å². The Labute approximate surface area is 92.6 Å². The van der Waals surface area contributed by atoms with Crippen molar-refractivity contribution in [2.75, 3.05) is 0 Å². The van der Waals surface area contributed by atoms with E-state index in [0.29, 0.717) is 0 Å². The third-order valence-electron chi connectivity index (χ3n) is 2.87. The van der Waals surface area contributed by atoms with E-state index in [0.717, 1.165) is 5.92 Å². The van der Waals surface area contributed by atoms with Crippen LogP contribution >= 0.6 is 0 Å². The summed E-state index contributed by atoms with van der Waals surface area (Å²) in [7, 11) is 1.19. The molecule has 0 amide bonds. The lowest BCUT2D eigenvalue weighted by molar-refractivity contribution is 0.733. The Morgan fingerprint density at radius 3 is 2.53 bits per heavy atom. The van der Waals surface area contributed by atoms with Crippen molar-refractivity contribution < 1.29 is 0 Å². The van der Waals surface area contributed by atoms with Gasteiger partial charge in [0.05, 0.1) is 0 Å². The normalized spacial score (nSPS) is 10.9. The molecule has 2 rings (SSSR count). The minimum absolute atomic E-state index is 0.781. The zero-order valence-electron chi connectivity index (χ0n) is 9.53. The van der Waals surface area contributed by atoms with Crippen molar-refractivity contribution in [3.05, 3.63) is 42.5 Å². The highest BCUT2D eigenvalue weighted by Crippen LogP contribution is 2.11. The van der Waals surface area contributed by atoms with E-state index in [4.69, 9.17) is 0 Å². The van der Waals surface area contributed by atoms with Gasteiger partial charge in [-0.2, -0.15) is 0 Å². The second kappa shape index (κ2) is 4.52. The molecule has 0 saturated heterocycles. The summed E-state index contributed by atoms with van der Waals surface area (Å²) in [6.45, 7) is 4.57. The van der Waals surface area contributed by atoms with Crippen molar-refractivity contribution in [2.45, 2.75) is 20.2 Å². The molecule has 0 fully saturated rings.